The summed E-state index contributed by atoms with van der Waals surface area (Å²) in [6.45, 7) is 3.23. The van der Waals surface area contributed by atoms with Crippen LogP contribution < -0.4 is 0 Å². The average molecular weight is 301 g/mol. The summed E-state index contributed by atoms with van der Waals surface area (Å²) < 4.78 is 6.22. The first kappa shape index (κ1) is 16.6. The highest BCUT2D eigenvalue weighted by atomic mass is 35.5. The molecule has 20 heavy (non-hydrogen) atoms. The Hall–Kier alpha value is 0.250. The molecule has 0 bridgehead atoms. The van der Waals surface area contributed by atoms with Crippen molar-refractivity contribution in [2.24, 2.45) is 5.41 Å². The fourth-order valence-corrected chi connectivity index (χ4v) is 4.58. The van der Waals surface area contributed by atoms with Crippen molar-refractivity contribution in [3.05, 3.63) is 0 Å². The molecule has 0 aliphatic heterocycles. The zero-order chi connectivity index (χ0) is 14.3. The maximum atomic E-state index is 6.57. The van der Waals surface area contributed by atoms with E-state index in [0.29, 0.717) is 16.9 Å². The zero-order valence-corrected chi connectivity index (χ0v) is 14.1. The molecule has 0 aromatic heterocycles. The second-order valence-electron chi connectivity index (χ2n) is 6.98. The van der Waals surface area contributed by atoms with E-state index < -0.39 is 0 Å². The molecular formula is C18H33ClO. The van der Waals surface area contributed by atoms with Gasteiger partial charge in [0.15, 0.2) is 0 Å². The lowest BCUT2D eigenvalue weighted by Crippen LogP contribution is -2.55. The van der Waals surface area contributed by atoms with Gasteiger partial charge < -0.3 is 4.74 Å². The number of unbranched alkanes of at least 4 members (excludes halogenated alkanes) is 5. The smallest absolute Gasteiger partial charge is 0.0659 e. The molecule has 2 saturated carbocycles. The fourth-order valence-electron chi connectivity index (χ4n) is 4.06. The van der Waals surface area contributed by atoms with Gasteiger partial charge in [0.1, 0.15) is 0 Å². The van der Waals surface area contributed by atoms with Crippen LogP contribution >= 0.6 is 11.6 Å². The second kappa shape index (κ2) is 8.63. The first-order valence-electron chi connectivity index (χ1n) is 9.05. The van der Waals surface area contributed by atoms with Gasteiger partial charge in [-0.25, -0.2) is 0 Å². The lowest BCUT2D eigenvalue weighted by molar-refractivity contribution is -0.115. The highest BCUT2D eigenvalue weighted by Crippen LogP contribution is 2.55. The number of rotatable bonds is 8. The van der Waals surface area contributed by atoms with E-state index in [1.54, 1.807) is 0 Å². The normalized spacial score (nSPS) is 29.1. The second-order valence-corrected chi connectivity index (χ2v) is 7.50. The minimum absolute atomic E-state index is 0.347. The predicted molar refractivity (Wildman–Crippen MR) is 87.5 cm³/mol. The summed E-state index contributed by atoms with van der Waals surface area (Å²) in [5.41, 5.74) is 0.347. The van der Waals surface area contributed by atoms with Gasteiger partial charge in [0, 0.05) is 17.4 Å². The van der Waals surface area contributed by atoms with Crippen molar-refractivity contribution in [3.8, 4) is 0 Å². The minimum Gasteiger partial charge on any atom is -0.378 e. The van der Waals surface area contributed by atoms with Crippen molar-refractivity contribution in [2.45, 2.75) is 102 Å². The van der Waals surface area contributed by atoms with Crippen LogP contribution in [0.4, 0.5) is 0 Å². The van der Waals surface area contributed by atoms with Crippen LogP contribution in [-0.2, 0) is 4.74 Å². The fraction of sp³-hybridized carbons (Fsp3) is 1.00. The molecule has 2 heteroatoms. The van der Waals surface area contributed by atoms with Gasteiger partial charge in [0.25, 0.3) is 0 Å². The van der Waals surface area contributed by atoms with Crippen LogP contribution in [0.1, 0.15) is 90.4 Å². The zero-order valence-electron chi connectivity index (χ0n) is 13.3. The molecule has 2 fully saturated rings. The molecule has 2 rings (SSSR count). The summed E-state index contributed by atoms with van der Waals surface area (Å²) in [6, 6.07) is 0. The Labute approximate surface area is 130 Å². The Kier molecular flexibility index (Phi) is 7.17. The molecule has 2 unspecified atom stereocenters. The molecular weight excluding hydrogens is 268 g/mol. The molecule has 2 atom stereocenters. The Morgan fingerprint density at radius 2 is 1.60 bits per heavy atom. The van der Waals surface area contributed by atoms with Gasteiger partial charge in [-0.2, -0.15) is 0 Å². The van der Waals surface area contributed by atoms with Gasteiger partial charge in [-0.3, -0.25) is 0 Å². The molecule has 0 aromatic carbocycles. The Morgan fingerprint density at radius 1 is 0.950 bits per heavy atom. The summed E-state index contributed by atoms with van der Waals surface area (Å²) in [4.78, 5) is 0. The van der Waals surface area contributed by atoms with Crippen LogP contribution in [0.5, 0.6) is 0 Å². The van der Waals surface area contributed by atoms with E-state index in [-0.39, 0.29) is 0 Å². The molecule has 1 spiro atoms. The average Bonchev–Trinajstić information content (AvgIpc) is 2.73. The monoisotopic (exact) mass is 300 g/mol. The van der Waals surface area contributed by atoms with Crippen LogP contribution in [-0.4, -0.2) is 18.1 Å². The van der Waals surface area contributed by atoms with Crippen LogP contribution in [0.25, 0.3) is 0 Å². The van der Waals surface area contributed by atoms with Crippen LogP contribution in [0.2, 0.25) is 0 Å². The quantitative estimate of drug-likeness (QED) is 0.389. The van der Waals surface area contributed by atoms with Crippen LogP contribution in [0.3, 0.4) is 0 Å². The standard InChI is InChI=1S/C18H33ClO/c1-2-3-4-5-8-11-14-20-17-15-16(19)18(17)12-9-6-7-10-13-18/h16-17H,2-15H2,1H3. The van der Waals surface area contributed by atoms with E-state index in [4.69, 9.17) is 16.3 Å². The third-order valence-electron chi connectivity index (χ3n) is 5.54. The molecule has 0 radical (unpaired) electrons. The number of hydrogen-bond acceptors (Lipinski definition) is 1. The third kappa shape index (κ3) is 4.13. The minimum atomic E-state index is 0.347. The largest absolute Gasteiger partial charge is 0.378 e. The molecule has 2 aliphatic carbocycles. The van der Waals surface area contributed by atoms with E-state index in [0.717, 1.165) is 13.0 Å². The van der Waals surface area contributed by atoms with Gasteiger partial charge in [-0.1, -0.05) is 64.7 Å². The molecule has 0 aromatic rings. The molecule has 118 valence electrons. The van der Waals surface area contributed by atoms with Gasteiger partial charge in [0.2, 0.25) is 0 Å². The summed E-state index contributed by atoms with van der Waals surface area (Å²) in [5.74, 6) is 0. The lowest BCUT2D eigenvalue weighted by atomic mass is 9.61. The first-order valence-corrected chi connectivity index (χ1v) is 9.49. The van der Waals surface area contributed by atoms with Gasteiger partial charge in [-0.05, 0) is 25.7 Å². The van der Waals surface area contributed by atoms with Crippen molar-refractivity contribution < 1.29 is 4.74 Å². The van der Waals surface area contributed by atoms with E-state index in [1.807, 2.05) is 0 Å². The molecule has 0 N–H and O–H groups in total. The maximum absolute atomic E-state index is 6.57. The Balaban J connectivity index is 1.63. The maximum Gasteiger partial charge on any atom is 0.0659 e. The number of halogens is 1. The van der Waals surface area contributed by atoms with Crippen molar-refractivity contribution >= 4 is 11.6 Å². The molecule has 0 heterocycles. The summed E-state index contributed by atoms with van der Waals surface area (Å²) in [6.07, 6.45) is 17.8. The lowest BCUT2D eigenvalue weighted by Gasteiger charge is -2.53. The van der Waals surface area contributed by atoms with Crippen molar-refractivity contribution in [3.63, 3.8) is 0 Å². The summed E-state index contributed by atoms with van der Waals surface area (Å²) in [5, 5.41) is 0.384. The van der Waals surface area contributed by atoms with E-state index in [1.165, 1.54) is 77.0 Å². The van der Waals surface area contributed by atoms with Crippen molar-refractivity contribution in [1.29, 1.82) is 0 Å². The number of ether oxygens (including phenoxy) is 1. The van der Waals surface area contributed by atoms with Gasteiger partial charge in [0.05, 0.1) is 6.10 Å². The van der Waals surface area contributed by atoms with Crippen LogP contribution in [0.15, 0.2) is 0 Å². The summed E-state index contributed by atoms with van der Waals surface area (Å²) >= 11 is 6.57. The van der Waals surface area contributed by atoms with Gasteiger partial charge >= 0.3 is 0 Å². The molecule has 1 nitrogen and oxygen atoms in total. The van der Waals surface area contributed by atoms with E-state index >= 15 is 0 Å². The van der Waals surface area contributed by atoms with E-state index in [9.17, 15) is 0 Å². The highest BCUT2D eigenvalue weighted by molar-refractivity contribution is 6.21. The molecule has 0 amide bonds. The van der Waals surface area contributed by atoms with Crippen LogP contribution in [0, 0.1) is 5.41 Å². The first-order chi connectivity index (χ1) is 9.79. The topological polar surface area (TPSA) is 9.23 Å². The number of hydrogen-bond donors (Lipinski definition) is 0. The third-order valence-corrected chi connectivity index (χ3v) is 6.15. The number of alkyl halides is 1. The van der Waals surface area contributed by atoms with Crippen molar-refractivity contribution in [2.75, 3.05) is 6.61 Å². The van der Waals surface area contributed by atoms with Crippen molar-refractivity contribution in [1.82, 2.24) is 0 Å². The SMILES string of the molecule is CCCCCCCCOC1CC(Cl)C12CCCCCC2. The Morgan fingerprint density at radius 3 is 2.25 bits per heavy atom. The predicted octanol–water partition coefficient (Wildman–Crippen LogP) is 6.08. The molecule has 2 aliphatic rings. The Bertz CT molecular complexity index is 258. The van der Waals surface area contributed by atoms with Gasteiger partial charge in [-0.15, -0.1) is 11.6 Å². The summed E-state index contributed by atoms with van der Waals surface area (Å²) in [7, 11) is 0. The highest BCUT2D eigenvalue weighted by Gasteiger charge is 2.54. The molecule has 0 saturated heterocycles. The van der Waals surface area contributed by atoms with E-state index in [2.05, 4.69) is 6.92 Å².